The first kappa shape index (κ1) is 22.6. The number of hydrogen-bond acceptors (Lipinski definition) is 4. The summed E-state index contributed by atoms with van der Waals surface area (Å²) in [5, 5.41) is 4.59. The van der Waals surface area contributed by atoms with Gasteiger partial charge < -0.3 is 16.5 Å². The summed E-state index contributed by atoms with van der Waals surface area (Å²) in [7, 11) is 0. The number of aryl methyl sites for hydroxylation is 1. The van der Waals surface area contributed by atoms with Crippen LogP contribution in [0.2, 0.25) is 0 Å². The van der Waals surface area contributed by atoms with Crippen molar-refractivity contribution in [2.24, 2.45) is 16.5 Å². The fourth-order valence-electron chi connectivity index (χ4n) is 4.92. The van der Waals surface area contributed by atoms with Crippen LogP contribution in [-0.4, -0.2) is 34.4 Å². The maximum absolute atomic E-state index is 13.7. The molecule has 3 heterocycles. The molecule has 2 aromatic carbocycles. The van der Waals surface area contributed by atoms with E-state index in [-0.39, 0.29) is 23.8 Å². The summed E-state index contributed by atoms with van der Waals surface area (Å²) in [5.41, 5.74) is 15.7. The number of carbonyl (C=O) groups excluding carboxylic acids is 1. The zero-order valence-electron chi connectivity index (χ0n) is 19.7. The molecule has 2 aromatic heterocycles. The molecule has 5 rings (SSSR count). The molecule has 1 aliphatic heterocycles. The van der Waals surface area contributed by atoms with Crippen LogP contribution in [0.3, 0.4) is 0 Å². The highest BCUT2D eigenvalue weighted by Crippen LogP contribution is 2.32. The molecule has 0 fully saturated rings. The standard InChI is InChI=1S/C27H29N7O/c1-2-18(17-9-4-3-5-10-17)24-26(35)34-16-23(20-15-31-21-12-7-6-11-19(20)21)32-22(25(34)33-24)13-8-14-30-27(28)29/h3-7,9-12,15-16,18,24,31H,2,8,13-14H2,1H3,(H4,28,29,30)/p+1. The van der Waals surface area contributed by atoms with E-state index >= 15 is 0 Å². The number of anilines is 1. The molecule has 2 atom stereocenters. The molecular weight excluding hydrogens is 438 g/mol. The Hall–Kier alpha value is -4.20. The third-order valence-corrected chi connectivity index (χ3v) is 6.62. The summed E-state index contributed by atoms with van der Waals surface area (Å²) < 4.78 is 1.75. The molecule has 6 N–H and O–H groups in total. The number of guanidine groups is 1. The molecule has 2 unspecified atom stereocenters. The minimum Gasteiger partial charge on any atom is -0.370 e. The Balaban J connectivity index is 1.56. The van der Waals surface area contributed by atoms with Crippen LogP contribution in [0.5, 0.6) is 0 Å². The average Bonchev–Trinajstić information content (AvgIpc) is 3.45. The lowest BCUT2D eigenvalue weighted by atomic mass is 9.89. The lowest BCUT2D eigenvalue weighted by molar-refractivity contribution is -0.552. The number of aromatic amines is 1. The van der Waals surface area contributed by atoms with Gasteiger partial charge in [0, 0.05) is 35.1 Å². The molecular formula is C27H30N7O+. The molecule has 0 bridgehead atoms. The van der Waals surface area contributed by atoms with Crippen LogP contribution in [0.4, 0.5) is 5.82 Å². The van der Waals surface area contributed by atoms with E-state index in [1.807, 2.05) is 48.8 Å². The second-order valence-electron chi connectivity index (χ2n) is 8.84. The molecule has 0 radical (unpaired) electrons. The number of benzene rings is 2. The van der Waals surface area contributed by atoms with Gasteiger partial charge in [0.05, 0.1) is 0 Å². The van der Waals surface area contributed by atoms with Crippen molar-refractivity contribution in [3.8, 4) is 11.3 Å². The van der Waals surface area contributed by atoms with Gasteiger partial charge in [-0.15, -0.1) is 0 Å². The highest BCUT2D eigenvalue weighted by molar-refractivity contribution is 5.94. The number of aliphatic imine (C=N–C) groups is 1. The molecule has 0 amide bonds. The largest absolute Gasteiger partial charge is 0.370 e. The van der Waals surface area contributed by atoms with Crippen LogP contribution in [0.25, 0.3) is 22.2 Å². The van der Waals surface area contributed by atoms with E-state index in [4.69, 9.17) is 16.5 Å². The molecule has 178 valence electrons. The Morgan fingerprint density at radius 1 is 1.14 bits per heavy atom. The first-order chi connectivity index (χ1) is 17.1. The van der Waals surface area contributed by atoms with Gasteiger partial charge in [-0.25, -0.2) is 9.78 Å². The molecule has 8 heteroatoms. The normalized spacial score (nSPS) is 15.6. The number of para-hydroxylation sites is 1. The molecule has 0 spiro atoms. The first-order valence-corrected chi connectivity index (χ1v) is 12.0. The number of carbonyl (C=O) groups is 1. The molecule has 1 aliphatic rings. The molecule has 4 aromatic rings. The second kappa shape index (κ2) is 9.58. The summed E-state index contributed by atoms with van der Waals surface area (Å²) >= 11 is 0. The van der Waals surface area contributed by atoms with Crippen molar-refractivity contribution >= 4 is 28.6 Å². The van der Waals surface area contributed by atoms with Gasteiger partial charge in [-0.05, 0) is 30.9 Å². The van der Waals surface area contributed by atoms with E-state index in [9.17, 15) is 4.79 Å². The second-order valence-corrected chi connectivity index (χ2v) is 8.84. The molecule has 35 heavy (non-hydrogen) atoms. The number of fused-ring (bicyclic) bond motifs is 2. The van der Waals surface area contributed by atoms with Crippen molar-refractivity contribution in [1.29, 1.82) is 0 Å². The number of nitrogens with one attached hydrogen (secondary N) is 2. The molecule has 8 nitrogen and oxygen atoms in total. The van der Waals surface area contributed by atoms with E-state index in [2.05, 4.69) is 40.4 Å². The average molecular weight is 469 g/mol. The van der Waals surface area contributed by atoms with Crippen molar-refractivity contribution in [3.63, 3.8) is 0 Å². The van der Waals surface area contributed by atoms with Crippen molar-refractivity contribution in [1.82, 2.24) is 9.97 Å². The third kappa shape index (κ3) is 4.35. The van der Waals surface area contributed by atoms with Gasteiger partial charge in [-0.2, -0.15) is 4.57 Å². The maximum Gasteiger partial charge on any atom is 0.359 e. The quantitative estimate of drug-likeness (QED) is 0.137. The molecule has 0 aliphatic carbocycles. The van der Waals surface area contributed by atoms with E-state index in [1.165, 1.54) is 0 Å². The lowest BCUT2D eigenvalue weighted by Gasteiger charge is -2.17. The van der Waals surface area contributed by atoms with Crippen molar-refractivity contribution < 1.29 is 9.36 Å². The van der Waals surface area contributed by atoms with Crippen LogP contribution in [0.15, 0.2) is 72.0 Å². The highest BCUT2D eigenvalue weighted by Gasteiger charge is 2.45. The monoisotopic (exact) mass is 468 g/mol. The van der Waals surface area contributed by atoms with Gasteiger partial charge >= 0.3 is 11.7 Å². The Kier molecular flexibility index (Phi) is 6.18. The number of H-pyrrole nitrogens is 1. The maximum atomic E-state index is 13.7. The summed E-state index contributed by atoms with van der Waals surface area (Å²) in [6.07, 6.45) is 6.00. The van der Waals surface area contributed by atoms with Gasteiger partial charge in [0.1, 0.15) is 17.6 Å². The van der Waals surface area contributed by atoms with Crippen molar-refractivity contribution in [2.45, 2.75) is 38.1 Å². The van der Waals surface area contributed by atoms with Crippen LogP contribution < -0.4 is 21.4 Å². The summed E-state index contributed by atoms with van der Waals surface area (Å²) in [6.45, 7) is 2.62. The number of rotatable bonds is 8. The number of hydrogen-bond donors (Lipinski definition) is 4. The Bertz CT molecular complexity index is 1390. The predicted octanol–water partition coefficient (Wildman–Crippen LogP) is 3.35. The summed E-state index contributed by atoms with van der Waals surface area (Å²) in [4.78, 5) is 26.2. The lowest BCUT2D eigenvalue weighted by Crippen LogP contribution is -2.45. The SMILES string of the molecule is CCC(c1ccccc1)C1Nc2c(CCCN=C(N)N)nc(-c3c[nH]c4ccccc34)c[n+]2C1=O. The zero-order valence-corrected chi connectivity index (χ0v) is 19.7. The van der Waals surface area contributed by atoms with Crippen molar-refractivity contribution in [3.05, 3.63) is 78.2 Å². The van der Waals surface area contributed by atoms with E-state index < -0.39 is 0 Å². The number of nitrogens with two attached hydrogens (primary N) is 2. The Labute approximate surface area is 204 Å². The third-order valence-electron chi connectivity index (χ3n) is 6.62. The van der Waals surface area contributed by atoms with Crippen LogP contribution in [0, 0.1) is 0 Å². The van der Waals surface area contributed by atoms with Crippen LogP contribution in [0.1, 0.15) is 41.7 Å². The van der Waals surface area contributed by atoms with Gasteiger partial charge in [0.15, 0.2) is 5.96 Å². The first-order valence-electron chi connectivity index (χ1n) is 12.0. The van der Waals surface area contributed by atoms with Crippen molar-refractivity contribution in [2.75, 3.05) is 11.9 Å². The van der Waals surface area contributed by atoms with Gasteiger partial charge in [-0.3, -0.25) is 10.3 Å². The topological polar surface area (TPSA) is 126 Å². The zero-order chi connectivity index (χ0) is 24.4. The van der Waals surface area contributed by atoms with E-state index in [0.29, 0.717) is 19.4 Å². The van der Waals surface area contributed by atoms with E-state index in [0.717, 1.165) is 45.7 Å². The number of aromatic nitrogens is 3. The Morgan fingerprint density at radius 2 is 1.91 bits per heavy atom. The Morgan fingerprint density at radius 3 is 2.69 bits per heavy atom. The van der Waals surface area contributed by atoms with Crippen LogP contribution in [-0.2, 0) is 6.42 Å². The molecule has 0 saturated carbocycles. The highest BCUT2D eigenvalue weighted by atomic mass is 16.2. The van der Waals surface area contributed by atoms with Gasteiger partial charge in [0.25, 0.3) is 0 Å². The number of nitrogens with zero attached hydrogens (tertiary/aromatic N) is 3. The summed E-state index contributed by atoms with van der Waals surface area (Å²) in [5.74, 6) is 0.911. The van der Waals surface area contributed by atoms with Gasteiger partial charge in [-0.1, -0.05) is 55.5 Å². The predicted molar refractivity (Wildman–Crippen MR) is 138 cm³/mol. The summed E-state index contributed by atoms with van der Waals surface area (Å²) in [6, 6.07) is 17.9. The van der Waals surface area contributed by atoms with Gasteiger partial charge in [0.2, 0.25) is 6.04 Å². The minimum absolute atomic E-state index is 0.0321. The fourth-order valence-corrected chi connectivity index (χ4v) is 4.92. The minimum atomic E-state index is -0.362. The van der Waals surface area contributed by atoms with E-state index in [1.54, 1.807) is 4.57 Å². The molecule has 0 saturated heterocycles. The smallest absolute Gasteiger partial charge is 0.359 e. The fraction of sp³-hybridized carbons (Fsp3) is 0.259. The van der Waals surface area contributed by atoms with Crippen LogP contribution >= 0.6 is 0 Å².